The Morgan fingerprint density at radius 1 is 1.26 bits per heavy atom. The highest BCUT2D eigenvalue weighted by Gasteiger charge is 2.15. The van der Waals surface area contributed by atoms with Crippen LogP contribution in [0.15, 0.2) is 47.7 Å². The molecule has 0 atom stereocenters. The Labute approximate surface area is 129 Å². The van der Waals surface area contributed by atoms with E-state index < -0.39 is 5.82 Å². The van der Waals surface area contributed by atoms with E-state index >= 15 is 0 Å². The number of halogens is 1. The number of benzene rings is 1. The van der Waals surface area contributed by atoms with E-state index in [1.165, 1.54) is 23.0 Å². The SMILES string of the molecule is CCn1cnc2cc(-c3nc4ccccn4n3)c(F)cc2c1=O. The van der Waals surface area contributed by atoms with Gasteiger partial charge in [-0.2, -0.15) is 0 Å². The van der Waals surface area contributed by atoms with Gasteiger partial charge in [0.25, 0.3) is 5.56 Å². The molecule has 23 heavy (non-hydrogen) atoms. The highest BCUT2D eigenvalue weighted by atomic mass is 19.1. The maximum absolute atomic E-state index is 14.5. The molecule has 0 aliphatic carbocycles. The van der Waals surface area contributed by atoms with E-state index in [1.54, 1.807) is 16.8 Å². The highest BCUT2D eigenvalue weighted by molar-refractivity contribution is 5.82. The van der Waals surface area contributed by atoms with Crippen LogP contribution in [0.4, 0.5) is 4.39 Å². The van der Waals surface area contributed by atoms with Gasteiger partial charge in [0.2, 0.25) is 0 Å². The van der Waals surface area contributed by atoms with Gasteiger partial charge < -0.3 is 0 Å². The van der Waals surface area contributed by atoms with Crippen molar-refractivity contribution in [2.75, 3.05) is 0 Å². The number of hydrogen-bond donors (Lipinski definition) is 0. The lowest BCUT2D eigenvalue weighted by Gasteiger charge is -2.05. The number of nitrogens with zero attached hydrogens (tertiary/aromatic N) is 5. The van der Waals surface area contributed by atoms with Crippen LogP contribution in [0.25, 0.3) is 27.9 Å². The maximum atomic E-state index is 14.5. The molecular formula is C16H12FN5O. The van der Waals surface area contributed by atoms with Gasteiger partial charge in [-0.15, -0.1) is 5.10 Å². The standard InChI is InChI=1S/C16H12FN5O/c1-2-21-9-18-13-8-10(12(17)7-11(13)16(21)23)15-19-14-5-3-4-6-22(14)20-15/h3-9H,2H2,1H3. The van der Waals surface area contributed by atoms with Gasteiger partial charge in [0.1, 0.15) is 5.82 Å². The van der Waals surface area contributed by atoms with Crippen LogP contribution in [0.3, 0.4) is 0 Å². The Morgan fingerprint density at radius 2 is 2.13 bits per heavy atom. The largest absolute Gasteiger partial charge is 0.299 e. The number of aromatic nitrogens is 5. The first-order valence-corrected chi connectivity index (χ1v) is 7.18. The van der Waals surface area contributed by atoms with E-state index in [-0.39, 0.29) is 22.3 Å². The van der Waals surface area contributed by atoms with Gasteiger partial charge >= 0.3 is 0 Å². The van der Waals surface area contributed by atoms with Crippen LogP contribution in [-0.2, 0) is 6.54 Å². The Hall–Kier alpha value is -3.09. The van der Waals surface area contributed by atoms with Crippen molar-refractivity contribution in [3.8, 4) is 11.4 Å². The first kappa shape index (κ1) is 13.6. The third-order valence-corrected chi connectivity index (χ3v) is 3.74. The third kappa shape index (κ3) is 2.09. The van der Waals surface area contributed by atoms with Crippen molar-refractivity contribution in [1.29, 1.82) is 0 Å². The van der Waals surface area contributed by atoms with Crippen molar-refractivity contribution in [2.24, 2.45) is 0 Å². The molecule has 0 amide bonds. The van der Waals surface area contributed by atoms with Gasteiger partial charge in [-0.1, -0.05) is 6.07 Å². The molecule has 3 heterocycles. The van der Waals surface area contributed by atoms with Crippen LogP contribution in [0.1, 0.15) is 6.92 Å². The Balaban J connectivity index is 1.97. The van der Waals surface area contributed by atoms with E-state index in [4.69, 9.17) is 0 Å². The number of rotatable bonds is 2. The first-order chi connectivity index (χ1) is 11.2. The van der Waals surface area contributed by atoms with E-state index in [0.29, 0.717) is 17.7 Å². The van der Waals surface area contributed by atoms with Gasteiger partial charge in [-0.3, -0.25) is 9.36 Å². The minimum atomic E-state index is -0.541. The molecule has 0 radical (unpaired) electrons. The van der Waals surface area contributed by atoms with Crippen LogP contribution < -0.4 is 5.56 Å². The second-order valence-electron chi connectivity index (χ2n) is 5.12. The molecule has 114 valence electrons. The fraction of sp³-hybridized carbons (Fsp3) is 0.125. The first-order valence-electron chi connectivity index (χ1n) is 7.18. The molecule has 4 aromatic rings. The zero-order valence-electron chi connectivity index (χ0n) is 12.3. The van der Waals surface area contributed by atoms with E-state index in [0.717, 1.165) is 0 Å². The molecular weight excluding hydrogens is 297 g/mol. The Bertz CT molecular complexity index is 1070. The lowest BCUT2D eigenvalue weighted by Crippen LogP contribution is -2.19. The predicted octanol–water partition coefficient (Wildman–Crippen LogP) is 2.27. The summed E-state index contributed by atoms with van der Waals surface area (Å²) in [6.07, 6.45) is 3.20. The third-order valence-electron chi connectivity index (χ3n) is 3.74. The van der Waals surface area contributed by atoms with Crippen LogP contribution in [0.2, 0.25) is 0 Å². The highest BCUT2D eigenvalue weighted by Crippen LogP contribution is 2.23. The molecule has 4 rings (SSSR count). The van der Waals surface area contributed by atoms with Crippen molar-refractivity contribution in [3.63, 3.8) is 0 Å². The summed E-state index contributed by atoms with van der Waals surface area (Å²) in [4.78, 5) is 20.8. The van der Waals surface area contributed by atoms with Crippen molar-refractivity contribution in [3.05, 3.63) is 59.0 Å². The molecule has 6 nitrogen and oxygen atoms in total. The second kappa shape index (κ2) is 4.98. The molecule has 0 bridgehead atoms. The Morgan fingerprint density at radius 3 is 2.91 bits per heavy atom. The fourth-order valence-electron chi connectivity index (χ4n) is 2.52. The maximum Gasteiger partial charge on any atom is 0.261 e. The molecule has 3 aromatic heterocycles. The summed E-state index contributed by atoms with van der Waals surface area (Å²) in [5.74, 6) is -0.279. The number of hydrogen-bond acceptors (Lipinski definition) is 4. The monoisotopic (exact) mass is 309 g/mol. The van der Waals surface area contributed by atoms with Crippen molar-refractivity contribution < 1.29 is 4.39 Å². The molecule has 0 unspecified atom stereocenters. The summed E-state index contributed by atoms with van der Waals surface area (Å²) in [5, 5.41) is 4.51. The summed E-state index contributed by atoms with van der Waals surface area (Å²) >= 11 is 0. The summed E-state index contributed by atoms with van der Waals surface area (Å²) in [6, 6.07) is 8.16. The summed E-state index contributed by atoms with van der Waals surface area (Å²) in [5.41, 5.74) is 1.01. The normalized spacial score (nSPS) is 11.4. The fourth-order valence-corrected chi connectivity index (χ4v) is 2.52. The van der Waals surface area contributed by atoms with E-state index in [2.05, 4.69) is 15.1 Å². The van der Waals surface area contributed by atoms with Crippen molar-refractivity contribution in [2.45, 2.75) is 13.5 Å². The molecule has 1 aromatic carbocycles. The quantitative estimate of drug-likeness (QED) is 0.570. The molecule has 0 N–H and O–H groups in total. The predicted molar refractivity (Wildman–Crippen MR) is 83.6 cm³/mol. The van der Waals surface area contributed by atoms with Gasteiger partial charge in [-0.05, 0) is 31.2 Å². The molecule has 0 fully saturated rings. The molecule has 0 saturated heterocycles. The smallest absolute Gasteiger partial charge is 0.261 e. The molecule has 0 spiro atoms. The molecule has 0 aliphatic rings. The van der Waals surface area contributed by atoms with Crippen molar-refractivity contribution >= 4 is 16.6 Å². The minimum absolute atomic E-state index is 0.224. The van der Waals surface area contributed by atoms with Gasteiger partial charge in [0.05, 0.1) is 22.8 Å². The summed E-state index contributed by atoms with van der Waals surface area (Å²) < 4.78 is 17.5. The summed E-state index contributed by atoms with van der Waals surface area (Å²) in [6.45, 7) is 2.32. The van der Waals surface area contributed by atoms with Gasteiger partial charge in [-0.25, -0.2) is 18.9 Å². The average molecular weight is 309 g/mol. The van der Waals surface area contributed by atoms with Crippen molar-refractivity contribution in [1.82, 2.24) is 24.1 Å². The topological polar surface area (TPSA) is 65.1 Å². The average Bonchev–Trinajstić information content (AvgIpc) is 2.99. The van der Waals surface area contributed by atoms with E-state index in [1.807, 2.05) is 19.1 Å². The zero-order valence-corrected chi connectivity index (χ0v) is 12.3. The lowest BCUT2D eigenvalue weighted by atomic mass is 10.1. The second-order valence-corrected chi connectivity index (χ2v) is 5.12. The Kier molecular flexibility index (Phi) is 2.94. The van der Waals surface area contributed by atoms with Gasteiger partial charge in [0, 0.05) is 12.7 Å². The lowest BCUT2D eigenvalue weighted by molar-refractivity contribution is 0.630. The summed E-state index contributed by atoms with van der Waals surface area (Å²) in [7, 11) is 0. The number of fused-ring (bicyclic) bond motifs is 2. The van der Waals surface area contributed by atoms with Gasteiger partial charge in [0.15, 0.2) is 11.5 Å². The van der Waals surface area contributed by atoms with Crippen LogP contribution in [0.5, 0.6) is 0 Å². The van der Waals surface area contributed by atoms with Crippen LogP contribution in [0, 0.1) is 5.82 Å². The van der Waals surface area contributed by atoms with E-state index in [9.17, 15) is 9.18 Å². The zero-order chi connectivity index (χ0) is 16.0. The molecule has 7 heteroatoms. The number of pyridine rings is 1. The molecule has 0 saturated carbocycles. The van der Waals surface area contributed by atoms with Crippen LogP contribution in [-0.4, -0.2) is 24.1 Å². The minimum Gasteiger partial charge on any atom is -0.299 e. The van der Waals surface area contributed by atoms with Crippen LogP contribution >= 0.6 is 0 Å². The number of aryl methyl sites for hydroxylation is 1. The molecule has 0 aliphatic heterocycles.